The molecule has 2 N–H and O–H groups in total. The second kappa shape index (κ2) is 5.09. The fourth-order valence-corrected chi connectivity index (χ4v) is 2.24. The first kappa shape index (κ1) is 12.9. The topological polar surface area (TPSA) is 48.1 Å². The van der Waals surface area contributed by atoms with Crippen LogP contribution in [-0.2, 0) is 0 Å². The lowest BCUT2D eigenvalue weighted by atomic mass is 10.2. The minimum atomic E-state index is -0.375. The number of nitrogens with zero attached hydrogens (tertiary/aromatic N) is 1. The molecule has 3 aromatic rings. The SMILES string of the molecule is Nc1cnc2ccccc2c1Oc1cc(F)ccc1Br. The summed E-state index contributed by atoms with van der Waals surface area (Å²) in [6.07, 6.45) is 1.53. The van der Waals surface area contributed by atoms with Gasteiger partial charge >= 0.3 is 0 Å². The highest BCUT2D eigenvalue weighted by Crippen LogP contribution is 2.37. The normalized spacial score (nSPS) is 10.7. The molecule has 1 aromatic heterocycles. The van der Waals surface area contributed by atoms with E-state index in [0.717, 1.165) is 10.9 Å². The Bertz CT molecular complexity index is 792. The Morgan fingerprint density at radius 1 is 1.15 bits per heavy atom. The van der Waals surface area contributed by atoms with E-state index < -0.39 is 0 Å². The monoisotopic (exact) mass is 332 g/mol. The molecular weight excluding hydrogens is 323 g/mol. The first-order valence-electron chi connectivity index (χ1n) is 5.91. The van der Waals surface area contributed by atoms with Crippen LogP contribution in [0.3, 0.4) is 0 Å². The molecule has 1 heterocycles. The fraction of sp³-hybridized carbons (Fsp3) is 0. The van der Waals surface area contributed by atoms with E-state index in [1.165, 1.54) is 18.3 Å². The number of hydrogen-bond acceptors (Lipinski definition) is 3. The van der Waals surface area contributed by atoms with E-state index in [4.69, 9.17) is 10.5 Å². The maximum atomic E-state index is 13.3. The molecule has 0 saturated heterocycles. The molecule has 0 bridgehead atoms. The summed E-state index contributed by atoms with van der Waals surface area (Å²) in [4.78, 5) is 4.23. The second-order valence-corrected chi connectivity index (χ2v) is 5.09. The van der Waals surface area contributed by atoms with Crippen molar-refractivity contribution in [2.45, 2.75) is 0 Å². The van der Waals surface area contributed by atoms with Crippen LogP contribution < -0.4 is 10.5 Å². The van der Waals surface area contributed by atoms with Crippen molar-refractivity contribution in [1.82, 2.24) is 4.98 Å². The second-order valence-electron chi connectivity index (χ2n) is 4.24. The molecule has 3 nitrogen and oxygen atoms in total. The van der Waals surface area contributed by atoms with Crippen LogP contribution in [0.2, 0.25) is 0 Å². The third kappa shape index (κ3) is 2.32. The Labute approximate surface area is 123 Å². The number of halogens is 2. The highest BCUT2D eigenvalue weighted by atomic mass is 79.9. The molecule has 0 spiro atoms. The molecule has 0 aliphatic heterocycles. The third-order valence-electron chi connectivity index (χ3n) is 2.86. The number of aromatic nitrogens is 1. The predicted molar refractivity (Wildman–Crippen MR) is 80.3 cm³/mol. The summed E-state index contributed by atoms with van der Waals surface area (Å²) in [5.41, 5.74) is 7.10. The van der Waals surface area contributed by atoms with Gasteiger partial charge in [0.05, 0.1) is 21.9 Å². The zero-order valence-electron chi connectivity index (χ0n) is 10.3. The zero-order chi connectivity index (χ0) is 14.1. The average molecular weight is 333 g/mol. The van der Waals surface area contributed by atoms with Crippen LogP contribution in [0.15, 0.2) is 53.1 Å². The number of anilines is 1. The molecule has 0 unspecified atom stereocenters. The van der Waals surface area contributed by atoms with Gasteiger partial charge in [-0.15, -0.1) is 0 Å². The van der Waals surface area contributed by atoms with Crippen molar-refractivity contribution in [3.05, 3.63) is 59.0 Å². The van der Waals surface area contributed by atoms with Gasteiger partial charge in [0.1, 0.15) is 11.6 Å². The number of nitrogen functional groups attached to an aromatic ring is 1. The first-order chi connectivity index (χ1) is 9.65. The van der Waals surface area contributed by atoms with Gasteiger partial charge in [0, 0.05) is 11.5 Å². The van der Waals surface area contributed by atoms with Crippen LogP contribution in [0.25, 0.3) is 10.9 Å². The molecule has 0 amide bonds. The molecule has 0 aliphatic rings. The number of pyridine rings is 1. The van der Waals surface area contributed by atoms with Crippen molar-refractivity contribution in [2.75, 3.05) is 5.73 Å². The van der Waals surface area contributed by atoms with E-state index in [0.29, 0.717) is 21.7 Å². The number of nitrogens with two attached hydrogens (primary N) is 1. The number of rotatable bonds is 2. The summed E-state index contributed by atoms with van der Waals surface area (Å²) in [7, 11) is 0. The van der Waals surface area contributed by atoms with Gasteiger partial charge in [-0.1, -0.05) is 12.1 Å². The molecule has 0 aliphatic carbocycles. The van der Waals surface area contributed by atoms with Gasteiger partial charge in [-0.3, -0.25) is 4.98 Å². The number of fused-ring (bicyclic) bond motifs is 1. The Morgan fingerprint density at radius 3 is 2.80 bits per heavy atom. The number of ether oxygens (including phenoxy) is 1. The van der Waals surface area contributed by atoms with Crippen molar-refractivity contribution in [3.8, 4) is 11.5 Å². The van der Waals surface area contributed by atoms with Gasteiger partial charge in [-0.25, -0.2) is 4.39 Å². The summed E-state index contributed by atoms with van der Waals surface area (Å²) in [6, 6.07) is 11.7. The van der Waals surface area contributed by atoms with Gasteiger partial charge in [0.2, 0.25) is 0 Å². The average Bonchev–Trinajstić information content (AvgIpc) is 2.46. The Kier molecular flexibility index (Phi) is 3.28. The Morgan fingerprint density at radius 2 is 1.95 bits per heavy atom. The minimum Gasteiger partial charge on any atom is -0.453 e. The van der Waals surface area contributed by atoms with E-state index in [1.54, 1.807) is 6.07 Å². The van der Waals surface area contributed by atoms with E-state index >= 15 is 0 Å². The molecule has 5 heteroatoms. The van der Waals surface area contributed by atoms with Gasteiger partial charge in [0.25, 0.3) is 0 Å². The van der Waals surface area contributed by atoms with E-state index in [1.807, 2.05) is 24.3 Å². The van der Waals surface area contributed by atoms with Crippen LogP contribution in [0.1, 0.15) is 0 Å². The van der Waals surface area contributed by atoms with Crippen molar-refractivity contribution in [2.24, 2.45) is 0 Å². The predicted octanol–water partition coefficient (Wildman–Crippen LogP) is 4.51. The minimum absolute atomic E-state index is 0.369. The molecule has 20 heavy (non-hydrogen) atoms. The molecule has 0 radical (unpaired) electrons. The van der Waals surface area contributed by atoms with Gasteiger partial charge in [-0.05, 0) is 40.2 Å². The highest BCUT2D eigenvalue weighted by molar-refractivity contribution is 9.10. The third-order valence-corrected chi connectivity index (χ3v) is 3.51. The Hall–Kier alpha value is -2.14. The number of hydrogen-bond donors (Lipinski definition) is 1. The Balaban J connectivity index is 2.15. The fourth-order valence-electron chi connectivity index (χ4n) is 1.91. The molecule has 2 aromatic carbocycles. The molecule has 3 rings (SSSR count). The van der Waals surface area contributed by atoms with E-state index in [2.05, 4.69) is 20.9 Å². The largest absolute Gasteiger partial charge is 0.453 e. The van der Waals surface area contributed by atoms with Crippen molar-refractivity contribution < 1.29 is 9.13 Å². The highest BCUT2D eigenvalue weighted by Gasteiger charge is 2.11. The quantitative estimate of drug-likeness (QED) is 0.751. The van der Waals surface area contributed by atoms with Crippen LogP contribution in [0.4, 0.5) is 10.1 Å². The van der Waals surface area contributed by atoms with Crippen molar-refractivity contribution in [3.63, 3.8) is 0 Å². The zero-order valence-corrected chi connectivity index (χ0v) is 11.9. The molecular formula is C15H10BrFN2O. The maximum absolute atomic E-state index is 13.3. The van der Waals surface area contributed by atoms with Gasteiger partial charge in [0.15, 0.2) is 5.75 Å². The van der Waals surface area contributed by atoms with E-state index in [-0.39, 0.29) is 5.82 Å². The summed E-state index contributed by atoms with van der Waals surface area (Å²) in [6.45, 7) is 0. The number of benzene rings is 2. The van der Waals surface area contributed by atoms with Crippen molar-refractivity contribution in [1.29, 1.82) is 0 Å². The number of para-hydroxylation sites is 1. The smallest absolute Gasteiger partial charge is 0.161 e. The van der Waals surface area contributed by atoms with Crippen molar-refractivity contribution >= 4 is 32.5 Å². The van der Waals surface area contributed by atoms with Crippen LogP contribution >= 0.6 is 15.9 Å². The lowest BCUT2D eigenvalue weighted by molar-refractivity contribution is 0.480. The molecule has 0 atom stereocenters. The first-order valence-corrected chi connectivity index (χ1v) is 6.70. The summed E-state index contributed by atoms with van der Waals surface area (Å²) >= 11 is 3.33. The van der Waals surface area contributed by atoms with Gasteiger partial charge < -0.3 is 10.5 Å². The van der Waals surface area contributed by atoms with Crippen LogP contribution in [0, 0.1) is 5.82 Å². The maximum Gasteiger partial charge on any atom is 0.161 e. The van der Waals surface area contributed by atoms with Crippen LogP contribution in [0.5, 0.6) is 11.5 Å². The molecule has 0 saturated carbocycles. The van der Waals surface area contributed by atoms with E-state index in [9.17, 15) is 4.39 Å². The van der Waals surface area contributed by atoms with Crippen LogP contribution in [-0.4, -0.2) is 4.98 Å². The summed E-state index contributed by atoms with van der Waals surface area (Å²) in [5, 5.41) is 0.781. The van der Waals surface area contributed by atoms with Gasteiger partial charge in [-0.2, -0.15) is 0 Å². The molecule has 100 valence electrons. The lowest BCUT2D eigenvalue weighted by Gasteiger charge is -2.12. The summed E-state index contributed by atoms with van der Waals surface area (Å²) < 4.78 is 19.8. The summed E-state index contributed by atoms with van der Waals surface area (Å²) in [5.74, 6) is 0.468. The molecule has 0 fully saturated rings. The lowest BCUT2D eigenvalue weighted by Crippen LogP contribution is -1.96. The standard InChI is InChI=1S/C15H10BrFN2O/c16-11-6-5-9(17)7-14(11)20-15-10-3-1-2-4-13(10)19-8-12(15)18/h1-8H,18H2.